The minimum atomic E-state index is -0.246. The van der Waals surface area contributed by atoms with Gasteiger partial charge in [0.25, 0.3) is 0 Å². The lowest BCUT2D eigenvalue weighted by atomic mass is 9.94. The van der Waals surface area contributed by atoms with Crippen molar-refractivity contribution < 1.29 is 4.79 Å². The van der Waals surface area contributed by atoms with Gasteiger partial charge in [-0.15, -0.1) is 0 Å². The van der Waals surface area contributed by atoms with E-state index in [9.17, 15) is 4.79 Å². The lowest BCUT2D eigenvalue weighted by Crippen LogP contribution is -2.45. The highest BCUT2D eigenvalue weighted by molar-refractivity contribution is 5.98. The fourth-order valence-corrected chi connectivity index (χ4v) is 1.97. The number of allylic oxidation sites excluding steroid dienone is 3. The maximum absolute atomic E-state index is 11.7. The zero-order valence-electron chi connectivity index (χ0n) is 11.1. The van der Waals surface area contributed by atoms with Crippen molar-refractivity contribution in [2.45, 2.75) is 20.3 Å². The van der Waals surface area contributed by atoms with Crippen molar-refractivity contribution in [1.29, 1.82) is 0 Å². The van der Waals surface area contributed by atoms with Crippen molar-refractivity contribution in [3.05, 3.63) is 36.5 Å². The van der Waals surface area contributed by atoms with Crippen LogP contribution in [0.4, 0.5) is 4.79 Å². The van der Waals surface area contributed by atoms with Crippen molar-refractivity contribution in [2.75, 3.05) is 13.1 Å². The van der Waals surface area contributed by atoms with E-state index in [1.54, 1.807) is 11.0 Å². The number of nitrogens with two attached hydrogens (primary N) is 1. The summed E-state index contributed by atoms with van der Waals surface area (Å²) >= 11 is 0. The van der Waals surface area contributed by atoms with E-state index in [0.29, 0.717) is 18.9 Å². The molecule has 4 heteroatoms. The Kier molecular flexibility index (Phi) is 4.89. The van der Waals surface area contributed by atoms with E-state index < -0.39 is 0 Å². The monoisotopic (exact) mass is 247 g/mol. The average Bonchev–Trinajstić information content (AvgIpc) is 2.30. The van der Waals surface area contributed by atoms with Crippen LogP contribution in [0.25, 0.3) is 0 Å². The second-order valence-electron chi connectivity index (χ2n) is 4.51. The normalized spacial score (nSPS) is 20.7. The van der Waals surface area contributed by atoms with Gasteiger partial charge in [-0.25, -0.2) is 4.79 Å². The number of rotatable bonds is 5. The molecule has 0 aromatic carbocycles. The van der Waals surface area contributed by atoms with Gasteiger partial charge >= 0.3 is 6.03 Å². The molecule has 2 amide bonds. The molecule has 0 spiro atoms. The third kappa shape index (κ3) is 3.32. The van der Waals surface area contributed by atoms with Crippen molar-refractivity contribution in [2.24, 2.45) is 16.6 Å². The molecule has 0 fully saturated rings. The first-order valence-electron chi connectivity index (χ1n) is 6.12. The molecule has 1 heterocycles. The van der Waals surface area contributed by atoms with Crippen molar-refractivity contribution in [3.63, 3.8) is 0 Å². The Morgan fingerprint density at radius 1 is 1.67 bits per heavy atom. The van der Waals surface area contributed by atoms with Crippen molar-refractivity contribution in [3.8, 4) is 0 Å². The Morgan fingerprint density at radius 3 is 2.83 bits per heavy atom. The van der Waals surface area contributed by atoms with Crippen LogP contribution in [0, 0.1) is 5.92 Å². The van der Waals surface area contributed by atoms with E-state index in [2.05, 4.69) is 18.2 Å². The Balaban J connectivity index is 3.01. The molecule has 0 saturated heterocycles. The molecule has 0 saturated carbocycles. The third-order valence-corrected chi connectivity index (χ3v) is 2.80. The first kappa shape index (κ1) is 14.2. The van der Waals surface area contributed by atoms with Crippen LogP contribution in [0.1, 0.15) is 20.3 Å². The largest absolute Gasteiger partial charge is 0.386 e. The van der Waals surface area contributed by atoms with Crippen LogP contribution in [-0.2, 0) is 0 Å². The van der Waals surface area contributed by atoms with Gasteiger partial charge in [0.15, 0.2) is 0 Å². The minimum absolute atomic E-state index is 0.0801. The molecular formula is C14H21N3O. The summed E-state index contributed by atoms with van der Waals surface area (Å²) in [5.74, 6) is 0.281. The fourth-order valence-electron chi connectivity index (χ4n) is 1.97. The van der Waals surface area contributed by atoms with Gasteiger partial charge in [-0.2, -0.15) is 4.99 Å². The molecule has 2 N–H and O–H groups in total. The predicted molar refractivity (Wildman–Crippen MR) is 75.5 cm³/mol. The van der Waals surface area contributed by atoms with Crippen LogP contribution in [0.5, 0.6) is 0 Å². The molecule has 98 valence electrons. The SMILES string of the molecule is C=C/C(=C/C(=C)C)C1CN(CCC)C(=O)N=C1N. The van der Waals surface area contributed by atoms with E-state index in [1.165, 1.54) is 0 Å². The number of nitrogens with zero attached hydrogens (tertiary/aromatic N) is 2. The smallest absolute Gasteiger partial charge is 0.345 e. The first-order valence-corrected chi connectivity index (χ1v) is 6.12. The van der Waals surface area contributed by atoms with E-state index in [-0.39, 0.29) is 11.9 Å². The van der Waals surface area contributed by atoms with Crippen LogP contribution < -0.4 is 5.73 Å². The Hall–Kier alpha value is -1.84. The number of hydrogen-bond acceptors (Lipinski definition) is 2. The van der Waals surface area contributed by atoms with Crippen LogP contribution in [0.2, 0.25) is 0 Å². The van der Waals surface area contributed by atoms with E-state index in [4.69, 9.17) is 5.73 Å². The molecule has 0 aliphatic carbocycles. The lowest BCUT2D eigenvalue weighted by molar-refractivity contribution is 0.201. The minimum Gasteiger partial charge on any atom is -0.386 e. The molecule has 0 aromatic heterocycles. The quantitative estimate of drug-likeness (QED) is 0.759. The summed E-state index contributed by atoms with van der Waals surface area (Å²) in [7, 11) is 0. The summed E-state index contributed by atoms with van der Waals surface area (Å²) in [6.45, 7) is 12.8. The lowest BCUT2D eigenvalue weighted by Gasteiger charge is -2.30. The summed E-state index contributed by atoms with van der Waals surface area (Å²) in [6, 6.07) is -0.246. The molecule has 0 bridgehead atoms. The van der Waals surface area contributed by atoms with Gasteiger partial charge in [-0.1, -0.05) is 37.8 Å². The topological polar surface area (TPSA) is 58.7 Å². The molecule has 1 aliphatic heterocycles. The summed E-state index contributed by atoms with van der Waals surface area (Å²) in [4.78, 5) is 17.3. The summed E-state index contributed by atoms with van der Waals surface area (Å²) in [5.41, 5.74) is 7.75. The summed E-state index contributed by atoms with van der Waals surface area (Å²) < 4.78 is 0. The van der Waals surface area contributed by atoms with Crippen LogP contribution in [-0.4, -0.2) is 29.9 Å². The molecule has 0 radical (unpaired) electrons. The molecule has 1 rings (SSSR count). The Bertz CT molecular complexity index is 421. The van der Waals surface area contributed by atoms with Gasteiger partial charge in [-0.05, 0) is 18.9 Å². The van der Waals surface area contributed by atoms with Crippen LogP contribution in [0.3, 0.4) is 0 Å². The molecule has 4 nitrogen and oxygen atoms in total. The molecule has 1 aliphatic rings. The maximum atomic E-state index is 11.7. The number of aliphatic imine (C=N–C) groups is 1. The zero-order chi connectivity index (χ0) is 13.7. The molecule has 1 unspecified atom stereocenters. The second kappa shape index (κ2) is 6.19. The van der Waals surface area contributed by atoms with Gasteiger partial charge < -0.3 is 10.6 Å². The molecular weight excluding hydrogens is 226 g/mol. The van der Waals surface area contributed by atoms with Gasteiger partial charge in [0.1, 0.15) is 5.84 Å². The summed E-state index contributed by atoms with van der Waals surface area (Å²) in [5, 5.41) is 0. The number of hydrogen-bond donors (Lipinski definition) is 1. The molecule has 0 aromatic rings. The van der Waals surface area contributed by atoms with Crippen LogP contribution >= 0.6 is 0 Å². The van der Waals surface area contributed by atoms with Gasteiger partial charge in [0.05, 0.1) is 5.92 Å². The maximum Gasteiger partial charge on any atom is 0.345 e. The second-order valence-corrected chi connectivity index (χ2v) is 4.51. The highest BCUT2D eigenvalue weighted by atomic mass is 16.2. The Labute approximate surface area is 109 Å². The van der Waals surface area contributed by atoms with E-state index >= 15 is 0 Å². The first-order chi connectivity index (χ1) is 8.49. The number of amidine groups is 1. The average molecular weight is 247 g/mol. The number of carbonyl (C=O) groups excluding carboxylic acids is 1. The van der Waals surface area contributed by atoms with Gasteiger partial charge in [0, 0.05) is 13.1 Å². The van der Waals surface area contributed by atoms with Gasteiger partial charge in [0.2, 0.25) is 0 Å². The number of carbonyl (C=O) groups is 1. The summed E-state index contributed by atoms with van der Waals surface area (Å²) in [6.07, 6.45) is 4.59. The third-order valence-electron chi connectivity index (χ3n) is 2.80. The highest BCUT2D eigenvalue weighted by Gasteiger charge is 2.28. The highest BCUT2D eigenvalue weighted by Crippen LogP contribution is 2.20. The standard InChI is InChI=1S/C14H21N3O/c1-5-7-17-9-12(13(15)16-14(17)18)11(6-2)8-10(3)4/h6,8,12H,2-3,5,7,9H2,1,4H3,(H2,15,16,18)/b11-8-. The van der Waals surface area contributed by atoms with Crippen LogP contribution in [0.15, 0.2) is 41.4 Å². The van der Waals surface area contributed by atoms with Gasteiger partial charge in [-0.3, -0.25) is 0 Å². The molecule has 18 heavy (non-hydrogen) atoms. The predicted octanol–water partition coefficient (Wildman–Crippen LogP) is 2.49. The Morgan fingerprint density at radius 2 is 2.33 bits per heavy atom. The fraction of sp³-hybridized carbons (Fsp3) is 0.429. The van der Waals surface area contributed by atoms with E-state index in [1.807, 2.05) is 19.9 Å². The zero-order valence-corrected chi connectivity index (χ0v) is 11.1. The van der Waals surface area contributed by atoms with Crippen molar-refractivity contribution in [1.82, 2.24) is 4.90 Å². The number of urea groups is 1. The van der Waals surface area contributed by atoms with Crippen molar-refractivity contribution >= 4 is 11.9 Å². The molecule has 1 atom stereocenters. The number of amides is 2. The van der Waals surface area contributed by atoms with E-state index in [0.717, 1.165) is 17.6 Å².